The summed E-state index contributed by atoms with van der Waals surface area (Å²) < 4.78 is 5.71. The molecule has 0 unspecified atom stereocenters. The Morgan fingerprint density at radius 3 is 2.89 bits per heavy atom. The SMILES string of the molecule is CCCOCCC(=O)Nc1nnc(SCC(=O)O)s1. The summed E-state index contributed by atoms with van der Waals surface area (Å²) in [5, 5.41) is 19.0. The molecule has 1 rings (SSSR count). The molecule has 0 aliphatic rings. The van der Waals surface area contributed by atoms with Crippen molar-refractivity contribution in [2.75, 3.05) is 24.3 Å². The highest BCUT2D eigenvalue weighted by Gasteiger charge is 2.09. The lowest BCUT2D eigenvalue weighted by Crippen LogP contribution is -2.14. The zero-order valence-electron chi connectivity index (χ0n) is 10.4. The Balaban J connectivity index is 2.28. The van der Waals surface area contributed by atoms with Gasteiger partial charge in [-0.15, -0.1) is 10.2 Å². The van der Waals surface area contributed by atoms with Crippen molar-refractivity contribution in [1.29, 1.82) is 0 Å². The Kier molecular flexibility index (Phi) is 7.38. The fourth-order valence-electron chi connectivity index (χ4n) is 1.04. The summed E-state index contributed by atoms with van der Waals surface area (Å²) in [7, 11) is 0. The number of carbonyl (C=O) groups is 2. The molecule has 0 saturated heterocycles. The molecule has 1 aromatic heterocycles. The van der Waals surface area contributed by atoms with E-state index in [0.717, 1.165) is 29.5 Å². The summed E-state index contributed by atoms with van der Waals surface area (Å²) in [5.41, 5.74) is 0. The summed E-state index contributed by atoms with van der Waals surface area (Å²) in [5.74, 6) is -1.19. The van der Waals surface area contributed by atoms with Crippen LogP contribution in [-0.2, 0) is 14.3 Å². The summed E-state index contributed by atoms with van der Waals surface area (Å²) in [6.07, 6.45) is 1.18. The van der Waals surface area contributed by atoms with Gasteiger partial charge in [0, 0.05) is 6.61 Å². The minimum absolute atomic E-state index is 0.0760. The molecule has 9 heteroatoms. The van der Waals surface area contributed by atoms with E-state index in [4.69, 9.17) is 9.84 Å². The average molecular weight is 305 g/mol. The first-order chi connectivity index (χ1) is 9.11. The van der Waals surface area contributed by atoms with Gasteiger partial charge in [0.2, 0.25) is 11.0 Å². The van der Waals surface area contributed by atoms with E-state index in [-0.39, 0.29) is 18.1 Å². The second-order valence-corrected chi connectivity index (χ2v) is 5.67. The number of nitrogens with zero attached hydrogens (tertiary/aromatic N) is 2. The van der Waals surface area contributed by atoms with Gasteiger partial charge in [0.05, 0.1) is 18.8 Å². The number of thioether (sulfide) groups is 1. The van der Waals surface area contributed by atoms with Crippen LogP contribution in [0.1, 0.15) is 19.8 Å². The third-order valence-electron chi connectivity index (χ3n) is 1.79. The molecular weight excluding hydrogens is 290 g/mol. The Morgan fingerprint density at radius 2 is 2.21 bits per heavy atom. The highest BCUT2D eigenvalue weighted by Crippen LogP contribution is 2.25. The number of hydrogen-bond donors (Lipinski definition) is 2. The maximum atomic E-state index is 11.5. The lowest BCUT2D eigenvalue weighted by Gasteiger charge is -2.01. The van der Waals surface area contributed by atoms with Crippen LogP contribution >= 0.6 is 23.1 Å². The Morgan fingerprint density at radius 1 is 1.42 bits per heavy atom. The van der Waals surface area contributed by atoms with Gasteiger partial charge in [0.15, 0.2) is 4.34 Å². The van der Waals surface area contributed by atoms with E-state index < -0.39 is 5.97 Å². The zero-order chi connectivity index (χ0) is 14.1. The molecule has 106 valence electrons. The molecule has 1 heterocycles. The molecule has 0 radical (unpaired) electrons. The topological polar surface area (TPSA) is 101 Å². The first-order valence-corrected chi connectivity index (χ1v) is 7.47. The van der Waals surface area contributed by atoms with Gasteiger partial charge >= 0.3 is 5.97 Å². The number of ether oxygens (including phenoxy) is 1. The molecule has 1 amide bonds. The van der Waals surface area contributed by atoms with Crippen molar-refractivity contribution in [3.63, 3.8) is 0 Å². The largest absolute Gasteiger partial charge is 0.481 e. The van der Waals surface area contributed by atoms with Crippen molar-refractivity contribution >= 4 is 40.1 Å². The minimum Gasteiger partial charge on any atom is -0.481 e. The zero-order valence-corrected chi connectivity index (χ0v) is 12.1. The van der Waals surface area contributed by atoms with E-state index in [1.54, 1.807) is 0 Å². The van der Waals surface area contributed by atoms with Crippen LogP contribution in [-0.4, -0.2) is 46.1 Å². The Bertz CT molecular complexity index is 425. The van der Waals surface area contributed by atoms with E-state index in [1.807, 2.05) is 6.92 Å². The van der Waals surface area contributed by atoms with Gasteiger partial charge in [-0.2, -0.15) is 0 Å². The standard InChI is InChI=1S/C10H15N3O4S2/c1-2-4-17-5-3-7(14)11-9-12-13-10(19-9)18-6-8(15)16/h2-6H2,1H3,(H,15,16)(H,11,12,14). The van der Waals surface area contributed by atoms with Gasteiger partial charge in [0.1, 0.15) is 0 Å². The molecule has 2 N–H and O–H groups in total. The van der Waals surface area contributed by atoms with Crippen molar-refractivity contribution in [1.82, 2.24) is 10.2 Å². The molecule has 19 heavy (non-hydrogen) atoms. The smallest absolute Gasteiger partial charge is 0.313 e. The average Bonchev–Trinajstić information content (AvgIpc) is 2.80. The second-order valence-electron chi connectivity index (χ2n) is 3.47. The van der Waals surface area contributed by atoms with Gasteiger partial charge in [0.25, 0.3) is 0 Å². The fourth-order valence-corrected chi connectivity index (χ4v) is 2.52. The molecule has 0 bridgehead atoms. The number of hydrogen-bond acceptors (Lipinski definition) is 7. The van der Waals surface area contributed by atoms with Gasteiger partial charge < -0.3 is 15.2 Å². The van der Waals surface area contributed by atoms with E-state index in [0.29, 0.717) is 22.7 Å². The third kappa shape index (κ3) is 7.09. The molecule has 0 saturated carbocycles. The number of aliphatic carboxylic acids is 1. The number of rotatable bonds is 9. The number of carbonyl (C=O) groups excluding carboxylic acids is 1. The van der Waals surface area contributed by atoms with Crippen LogP contribution < -0.4 is 5.32 Å². The molecule has 0 aliphatic carbocycles. The van der Waals surface area contributed by atoms with Crippen LogP contribution in [0.4, 0.5) is 5.13 Å². The normalized spacial score (nSPS) is 10.4. The molecule has 0 spiro atoms. The van der Waals surface area contributed by atoms with Crippen molar-refractivity contribution in [2.24, 2.45) is 0 Å². The molecule has 0 aliphatic heterocycles. The summed E-state index contributed by atoms with van der Waals surface area (Å²) in [4.78, 5) is 21.9. The maximum Gasteiger partial charge on any atom is 0.313 e. The van der Waals surface area contributed by atoms with E-state index >= 15 is 0 Å². The first-order valence-electron chi connectivity index (χ1n) is 5.67. The van der Waals surface area contributed by atoms with Crippen molar-refractivity contribution in [3.8, 4) is 0 Å². The molecular formula is C10H15N3O4S2. The Hall–Kier alpha value is -1.19. The lowest BCUT2D eigenvalue weighted by atomic mass is 10.4. The van der Waals surface area contributed by atoms with Gasteiger partial charge in [-0.25, -0.2) is 0 Å². The minimum atomic E-state index is -0.918. The number of carboxylic acid groups (broad SMARTS) is 1. The van der Waals surface area contributed by atoms with Crippen LogP contribution in [0.2, 0.25) is 0 Å². The molecule has 1 aromatic rings. The number of amides is 1. The number of nitrogens with one attached hydrogen (secondary N) is 1. The van der Waals surface area contributed by atoms with Crippen LogP contribution in [0.25, 0.3) is 0 Å². The fraction of sp³-hybridized carbons (Fsp3) is 0.600. The molecule has 7 nitrogen and oxygen atoms in total. The second kappa shape index (κ2) is 8.83. The third-order valence-corrected chi connectivity index (χ3v) is 3.75. The highest BCUT2D eigenvalue weighted by atomic mass is 32.2. The van der Waals surface area contributed by atoms with Gasteiger partial charge in [-0.3, -0.25) is 9.59 Å². The van der Waals surface area contributed by atoms with Gasteiger partial charge in [-0.1, -0.05) is 30.0 Å². The van der Waals surface area contributed by atoms with E-state index in [9.17, 15) is 9.59 Å². The summed E-state index contributed by atoms with van der Waals surface area (Å²) >= 11 is 2.22. The van der Waals surface area contributed by atoms with Crippen LogP contribution in [0.3, 0.4) is 0 Å². The number of carboxylic acids is 1. The number of aromatic nitrogens is 2. The van der Waals surface area contributed by atoms with Crippen molar-refractivity contribution < 1.29 is 19.4 Å². The van der Waals surface area contributed by atoms with Crippen molar-refractivity contribution in [3.05, 3.63) is 0 Å². The van der Waals surface area contributed by atoms with Crippen LogP contribution in [0, 0.1) is 0 Å². The molecule has 0 aromatic carbocycles. The monoisotopic (exact) mass is 305 g/mol. The Labute approximate surface area is 118 Å². The predicted octanol–water partition coefficient (Wildman–Crippen LogP) is 1.47. The lowest BCUT2D eigenvalue weighted by molar-refractivity contribution is -0.133. The first kappa shape index (κ1) is 15.9. The quantitative estimate of drug-likeness (QED) is 0.404. The highest BCUT2D eigenvalue weighted by molar-refractivity contribution is 8.01. The van der Waals surface area contributed by atoms with E-state index in [2.05, 4.69) is 15.5 Å². The van der Waals surface area contributed by atoms with Crippen LogP contribution in [0.15, 0.2) is 4.34 Å². The predicted molar refractivity (Wildman–Crippen MR) is 72.6 cm³/mol. The molecule has 0 fully saturated rings. The molecule has 0 atom stereocenters. The summed E-state index contributed by atoms with van der Waals surface area (Å²) in [6, 6.07) is 0. The van der Waals surface area contributed by atoms with Crippen LogP contribution in [0.5, 0.6) is 0 Å². The number of anilines is 1. The van der Waals surface area contributed by atoms with Gasteiger partial charge in [-0.05, 0) is 6.42 Å². The maximum absolute atomic E-state index is 11.5. The van der Waals surface area contributed by atoms with E-state index in [1.165, 1.54) is 0 Å². The summed E-state index contributed by atoms with van der Waals surface area (Å²) in [6.45, 7) is 3.01. The van der Waals surface area contributed by atoms with Crippen molar-refractivity contribution in [2.45, 2.75) is 24.1 Å².